The van der Waals surface area contributed by atoms with E-state index in [9.17, 15) is 9.18 Å². The Bertz CT molecular complexity index is 726. The van der Waals surface area contributed by atoms with E-state index in [0.717, 1.165) is 44.0 Å². The zero-order chi connectivity index (χ0) is 17.6. The Hall–Kier alpha value is -2.40. The standard InChI is InChI=1S/C20H24FN3O/c1-16-5-4-6-17(15-16)22-20(25)9-10-23-11-13-24(14-12-23)19-8-3-2-7-18(19)21/h2-8,15H,9-14H2,1H3,(H,22,25)/p+1. The Balaban J connectivity index is 1.43. The van der Waals surface area contributed by atoms with Gasteiger partial charge in [-0.15, -0.1) is 0 Å². The number of nitrogens with one attached hydrogen (secondary N) is 2. The van der Waals surface area contributed by atoms with E-state index in [1.807, 2.05) is 43.3 Å². The van der Waals surface area contributed by atoms with Gasteiger partial charge in [-0.1, -0.05) is 24.3 Å². The number of nitrogens with zero attached hydrogens (tertiary/aromatic N) is 1. The van der Waals surface area contributed by atoms with E-state index in [4.69, 9.17) is 0 Å². The van der Waals surface area contributed by atoms with Gasteiger partial charge in [-0.05, 0) is 36.8 Å². The predicted molar refractivity (Wildman–Crippen MR) is 98.6 cm³/mol. The lowest BCUT2D eigenvalue weighted by molar-refractivity contribution is -0.900. The van der Waals surface area contributed by atoms with Crippen molar-refractivity contribution in [3.05, 3.63) is 59.9 Å². The highest BCUT2D eigenvalue weighted by Crippen LogP contribution is 2.18. The quantitative estimate of drug-likeness (QED) is 0.870. The number of hydrogen-bond acceptors (Lipinski definition) is 2. The Morgan fingerprint density at radius 3 is 2.64 bits per heavy atom. The summed E-state index contributed by atoms with van der Waals surface area (Å²) in [5.41, 5.74) is 2.66. The Morgan fingerprint density at radius 2 is 1.92 bits per heavy atom. The molecule has 0 aromatic heterocycles. The van der Waals surface area contributed by atoms with Crippen molar-refractivity contribution in [2.45, 2.75) is 13.3 Å². The van der Waals surface area contributed by atoms with Crippen molar-refractivity contribution in [2.24, 2.45) is 0 Å². The highest BCUT2D eigenvalue weighted by atomic mass is 19.1. The molecule has 3 rings (SSSR count). The summed E-state index contributed by atoms with van der Waals surface area (Å²) in [5.74, 6) is -0.113. The van der Waals surface area contributed by atoms with Crippen LogP contribution in [-0.2, 0) is 4.79 Å². The van der Waals surface area contributed by atoms with Crippen molar-refractivity contribution in [1.29, 1.82) is 0 Å². The summed E-state index contributed by atoms with van der Waals surface area (Å²) in [6, 6.07) is 14.7. The smallest absolute Gasteiger partial charge is 0.230 e. The van der Waals surface area contributed by atoms with Crippen LogP contribution in [0.4, 0.5) is 15.8 Å². The lowest BCUT2D eigenvalue weighted by Crippen LogP contribution is -3.15. The van der Waals surface area contributed by atoms with Gasteiger partial charge in [0.2, 0.25) is 5.91 Å². The van der Waals surface area contributed by atoms with Gasteiger partial charge in [-0.3, -0.25) is 4.79 Å². The first-order valence-electron chi connectivity index (χ1n) is 8.81. The maximum atomic E-state index is 13.9. The van der Waals surface area contributed by atoms with Gasteiger partial charge in [0.05, 0.1) is 44.8 Å². The molecule has 4 nitrogen and oxygen atoms in total. The van der Waals surface area contributed by atoms with E-state index in [2.05, 4.69) is 10.2 Å². The molecule has 0 saturated carbocycles. The average Bonchev–Trinajstić information content (AvgIpc) is 2.61. The van der Waals surface area contributed by atoms with Gasteiger partial charge in [0.25, 0.3) is 0 Å². The minimum Gasteiger partial charge on any atom is -0.358 e. The van der Waals surface area contributed by atoms with Crippen molar-refractivity contribution >= 4 is 17.3 Å². The van der Waals surface area contributed by atoms with Gasteiger partial charge in [-0.25, -0.2) is 4.39 Å². The minimum absolute atomic E-state index is 0.0506. The Kier molecular flexibility index (Phi) is 5.66. The van der Waals surface area contributed by atoms with Crippen LogP contribution in [-0.4, -0.2) is 38.6 Å². The van der Waals surface area contributed by atoms with Crippen LogP contribution in [0.25, 0.3) is 0 Å². The molecule has 2 aromatic rings. The first-order chi connectivity index (χ1) is 12.1. The van der Waals surface area contributed by atoms with Crippen LogP contribution < -0.4 is 15.1 Å². The number of amides is 1. The summed E-state index contributed by atoms with van der Waals surface area (Å²) in [7, 11) is 0. The highest BCUT2D eigenvalue weighted by Gasteiger charge is 2.22. The third kappa shape index (κ3) is 4.79. The first-order valence-corrected chi connectivity index (χ1v) is 8.81. The third-order valence-corrected chi connectivity index (χ3v) is 4.67. The molecule has 132 valence electrons. The van der Waals surface area contributed by atoms with Gasteiger partial charge in [0.1, 0.15) is 5.82 Å². The van der Waals surface area contributed by atoms with Crippen molar-refractivity contribution in [3.8, 4) is 0 Å². The topological polar surface area (TPSA) is 36.8 Å². The number of halogens is 1. The molecule has 5 heteroatoms. The zero-order valence-electron chi connectivity index (χ0n) is 14.6. The summed E-state index contributed by atoms with van der Waals surface area (Å²) in [4.78, 5) is 15.6. The van der Waals surface area contributed by atoms with Gasteiger partial charge >= 0.3 is 0 Å². The monoisotopic (exact) mass is 342 g/mol. The minimum atomic E-state index is -0.163. The van der Waals surface area contributed by atoms with E-state index in [0.29, 0.717) is 12.1 Å². The summed E-state index contributed by atoms with van der Waals surface area (Å²) in [6.45, 7) is 6.29. The molecule has 0 atom stereocenters. The summed E-state index contributed by atoms with van der Waals surface area (Å²) in [5, 5.41) is 2.95. The fourth-order valence-electron chi connectivity index (χ4n) is 3.26. The molecule has 1 aliphatic rings. The van der Waals surface area contributed by atoms with Gasteiger partial charge in [0.15, 0.2) is 0 Å². The fraction of sp³-hybridized carbons (Fsp3) is 0.350. The fourth-order valence-corrected chi connectivity index (χ4v) is 3.26. The van der Waals surface area contributed by atoms with Crippen molar-refractivity contribution in [2.75, 3.05) is 42.9 Å². The number of piperazine rings is 1. The molecule has 2 N–H and O–H groups in total. The van der Waals surface area contributed by atoms with Crippen molar-refractivity contribution in [1.82, 2.24) is 0 Å². The van der Waals surface area contributed by atoms with E-state index < -0.39 is 0 Å². The third-order valence-electron chi connectivity index (χ3n) is 4.67. The van der Waals surface area contributed by atoms with Crippen molar-refractivity contribution in [3.63, 3.8) is 0 Å². The van der Waals surface area contributed by atoms with Crippen LogP contribution in [0.2, 0.25) is 0 Å². The molecule has 25 heavy (non-hydrogen) atoms. The second-order valence-corrected chi connectivity index (χ2v) is 6.61. The number of carbonyl (C=O) groups is 1. The zero-order valence-corrected chi connectivity index (χ0v) is 14.6. The molecule has 1 aliphatic heterocycles. The molecular weight excluding hydrogens is 317 g/mol. The predicted octanol–water partition coefficient (Wildman–Crippen LogP) is 1.87. The molecular formula is C20H25FN3O+. The van der Waals surface area contributed by atoms with Crippen LogP contribution in [0.3, 0.4) is 0 Å². The second-order valence-electron chi connectivity index (χ2n) is 6.61. The average molecular weight is 342 g/mol. The largest absolute Gasteiger partial charge is 0.358 e. The number of carbonyl (C=O) groups excluding carboxylic acids is 1. The molecule has 0 spiro atoms. The second kappa shape index (κ2) is 8.12. The number of hydrogen-bond donors (Lipinski definition) is 2. The molecule has 0 unspecified atom stereocenters. The molecule has 2 aromatic carbocycles. The normalized spacial score (nSPS) is 15.2. The molecule has 1 saturated heterocycles. The maximum Gasteiger partial charge on any atom is 0.230 e. The van der Waals surface area contributed by atoms with Crippen LogP contribution >= 0.6 is 0 Å². The van der Waals surface area contributed by atoms with E-state index in [1.54, 1.807) is 6.07 Å². The number of anilines is 2. The van der Waals surface area contributed by atoms with Crippen LogP contribution in [0.1, 0.15) is 12.0 Å². The number of para-hydroxylation sites is 1. The summed E-state index contributed by atoms with van der Waals surface area (Å²) in [6.07, 6.45) is 0.503. The van der Waals surface area contributed by atoms with E-state index in [-0.39, 0.29) is 11.7 Å². The van der Waals surface area contributed by atoms with Crippen LogP contribution in [0.5, 0.6) is 0 Å². The highest BCUT2D eigenvalue weighted by molar-refractivity contribution is 5.90. The lowest BCUT2D eigenvalue weighted by Gasteiger charge is -2.33. The van der Waals surface area contributed by atoms with Gasteiger partial charge in [0, 0.05) is 5.69 Å². The van der Waals surface area contributed by atoms with E-state index in [1.165, 1.54) is 11.0 Å². The first kappa shape index (κ1) is 17.4. The molecule has 0 radical (unpaired) electrons. The lowest BCUT2D eigenvalue weighted by atomic mass is 10.2. The van der Waals surface area contributed by atoms with E-state index >= 15 is 0 Å². The number of benzene rings is 2. The Morgan fingerprint density at radius 1 is 1.16 bits per heavy atom. The number of quaternary nitrogens is 1. The van der Waals surface area contributed by atoms with Crippen LogP contribution in [0.15, 0.2) is 48.5 Å². The summed E-state index contributed by atoms with van der Waals surface area (Å²) < 4.78 is 13.9. The Labute approximate surface area is 148 Å². The molecule has 1 heterocycles. The van der Waals surface area contributed by atoms with Crippen LogP contribution in [0, 0.1) is 12.7 Å². The molecule has 1 amide bonds. The van der Waals surface area contributed by atoms with Crippen molar-refractivity contribution < 1.29 is 14.1 Å². The molecule has 1 fully saturated rings. The molecule has 0 bridgehead atoms. The number of rotatable bonds is 5. The van der Waals surface area contributed by atoms with Gasteiger partial charge < -0.3 is 15.1 Å². The SMILES string of the molecule is Cc1cccc(NC(=O)CC[NH+]2CCN(c3ccccc3F)CC2)c1. The van der Waals surface area contributed by atoms with Gasteiger partial charge in [-0.2, -0.15) is 0 Å². The summed E-state index contributed by atoms with van der Waals surface area (Å²) >= 11 is 0. The maximum absolute atomic E-state index is 13.9. The molecule has 0 aliphatic carbocycles. The number of aryl methyl sites for hydroxylation is 1.